The number of phenolic OH excluding ortho intramolecular Hbond substituents is 3. The van der Waals surface area contributed by atoms with Gasteiger partial charge in [-0.2, -0.15) is 0 Å². The number of hydrogen-bond donors (Lipinski definition) is 3. The van der Waals surface area contributed by atoms with Gasteiger partial charge in [0, 0.05) is 21.9 Å². The summed E-state index contributed by atoms with van der Waals surface area (Å²) in [6.07, 6.45) is 0. The van der Waals surface area contributed by atoms with Gasteiger partial charge in [-0.25, -0.2) is 0 Å². The van der Waals surface area contributed by atoms with E-state index in [1.807, 2.05) is 0 Å². The first kappa shape index (κ1) is 12.4. The fourth-order valence-corrected chi connectivity index (χ4v) is 2.42. The Morgan fingerprint density at radius 3 is 2.15 bits per heavy atom. The number of rotatable bonds is 1. The van der Waals surface area contributed by atoms with Crippen LogP contribution in [0.3, 0.4) is 0 Å². The highest BCUT2D eigenvalue weighted by molar-refractivity contribution is 5.99. The zero-order chi connectivity index (χ0) is 14.3. The third kappa shape index (κ3) is 1.75. The second-order valence-corrected chi connectivity index (χ2v) is 4.81. The molecule has 20 heavy (non-hydrogen) atoms. The van der Waals surface area contributed by atoms with E-state index in [2.05, 4.69) is 0 Å². The van der Waals surface area contributed by atoms with Gasteiger partial charge < -0.3 is 15.3 Å². The van der Waals surface area contributed by atoms with Crippen molar-refractivity contribution in [1.82, 2.24) is 0 Å². The summed E-state index contributed by atoms with van der Waals surface area (Å²) in [5.74, 6) is 0.242. The van der Waals surface area contributed by atoms with Gasteiger partial charge in [0.1, 0.15) is 17.2 Å². The third-order valence-corrected chi connectivity index (χ3v) is 3.52. The summed E-state index contributed by atoms with van der Waals surface area (Å²) >= 11 is 0. The topological polar surface area (TPSA) is 60.7 Å². The Bertz CT molecular complexity index is 807. The highest BCUT2D eigenvalue weighted by atomic mass is 16.3. The van der Waals surface area contributed by atoms with E-state index in [1.54, 1.807) is 49.4 Å². The van der Waals surface area contributed by atoms with Crippen LogP contribution in [0.4, 0.5) is 0 Å². The van der Waals surface area contributed by atoms with Crippen LogP contribution >= 0.6 is 0 Å². The van der Waals surface area contributed by atoms with Gasteiger partial charge in [0.05, 0.1) is 0 Å². The van der Waals surface area contributed by atoms with E-state index in [0.717, 1.165) is 5.56 Å². The molecule has 0 radical (unpaired) electrons. The molecule has 3 aromatic rings. The molecule has 0 unspecified atom stereocenters. The van der Waals surface area contributed by atoms with Crippen LogP contribution in [0.1, 0.15) is 5.56 Å². The molecule has 0 aromatic heterocycles. The predicted octanol–water partition coefficient (Wildman–Crippen LogP) is 3.93. The molecule has 0 heterocycles. The Morgan fingerprint density at radius 1 is 0.700 bits per heavy atom. The molecule has 0 aliphatic rings. The standard InChI is InChI=1S/C17H14O3/c1-10-5-4-8-13(16(10)19)14-9-15(18)11-6-2-3-7-12(11)17(14)20/h2-9,18-20H,1H3. The first-order chi connectivity index (χ1) is 9.59. The van der Waals surface area contributed by atoms with Crippen LogP contribution in [0.25, 0.3) is 21.9 Å². The molecule has 3 nitrogen and oxygen atoms in total. The lowest BCUT2D eigenvalue weighted by atomic mass is 9.97. The molecule has 100 valence electrons. The van der Waals surface area contributed by atoms with Crippen molar-refractivity contribution < 1.29 is 15.3 Å². The smallest absolute Gasteiger partial charge is 0.131 e. The van der Waals surface area contributed by atoms with Crippen LogP contribution in [-0.2, 0) is 0 Å². The molecule has 0 saturated carbocycles. The number of aromatic hydroxyl groups is 3. The molecule has 0 spiro atoms. The largest absolute Gasteiger partial charge is 0.507 e. The Balaban J connectivity index is 2.38. The monoisotopic (exact) mass is 266 g/mol. The molecule has 0 aliphatic carbocycles. The number of fused-ring (bicyclic) bond motifs is 1. The number of phenols is 3. The first-order valence-corrected chi connectivity index (χ1v) is 6.32. The van der Waals surface area contributed by atoms with Crippen LogP contribution in [-0.4, -0.2) is 15.3 Å². The van der Waals surface area contributed by atoms with E-state index in [9.17, 15) is 15.3 Å². The lowest BCUT2D eigenvalue weighted by molar-refractivity contribution is 0.465. The van der Waals surface area contributed by atoms with Crippen LogP contribution in [0.2, 0.25) is 0 Å². The van der Waals surface area contributed by atoms with Crippen molar-refractivity contribution in [2.45, 2.75) is 6.92 Å². The maximum Gasteiger partial charge on any atom is 0.131 e. The lowest BCUT2D eigenvalue weighted by Crippen LogP contribution is -1.85. The summed E-state index contributed by atoms with van der Waals surface area (Å²) < 4.78 is 0. The summed E-state index contributed by atoms with van der Waals surface area (Å²) in [5, 5.41) is 31.8. The normalized spacial score (nSPS) is 10.8. The maximum absolute atomic E-state index is 10.4. The summed E-state index contributed by atoms with van der Waals surface area (Å²) in [6.45, 7) is 1.79. The minimum atomic E-state index is 0.0549. The molecule has 3 heteroatoms. The van der Waals surface area contributed by atoms with Crippen molar-refractivity contribution in [1.29, 1.82) is 0 Å². The molecule has 0 atom stereocenters. The number of aryl methyl sites for hydroxylation is 1. The summed E-state index contributed by atoms with van der Waals surface area (Å²) in [7, 11) is 0. The molecule has 3 N–H and O–H groups in total. The van der Waals surface area contributed by atoms with Crippen molar-refractivity contribution in [3.05, 3.63) is 54.1 Å². The van der Waals surface area contributed by atoms with Crippen LogP contribution in [0, 0.1) is 6.92 Å². The average Bonchev–Trinajstić information content (AvgIpc) is 2.46. The van der Waals surface area contributed by atoms with Crippen molar-refractivity contribution in [2.75, 3.05) is 0 Å². The van der Waals surface area contributed by atoms with Crippen molar-refractivity contribution in [3.8, 4) is 28.4 Å². The summed E-state index contributed by atoms with van der Waals surface area (Å²) in [4.78, 5) is 0. The molecular weight excluding hydrogens is 252 g/mol. The molecule has 0 aliphatic heterocycles. The first-order valence-electron chi connectivity index (χ1n) is 6.32. The second kappa shape index (κ2) is 4.46. The van der Waals surface area contributed by atoms with Gasteiger partial charge in [-0.1, -0.05) is 42.5 Å². The molecule has 3 aromatic carbocycles. The molecule has 0 bridgehead atoms. The number of para-hydroxylation sites is 1. The molecule has 3 rings (SSSR count). The molecule has 0 fully saturated rings. The minimum absolute atomic E-state index is 0.0549. The zero-order valence-electron chi connectivity index (χ0n) is 11.0. The van der Waals surface area contributed by atoms with Crippen LogP contribution in [0.5, 0.6) is 17.2 Å². The quantitative estimate of drug-likeness (QED) is 0.585. The Kier molecular flexibility index (Phi) is 2.75. The van der Waals surface area contributed by atoms with Crippen LogP contribution in [0.15, 0.2) is 48.5 Å². The predicted molar refractivity (Wildman–Crippen MR) is 79.1 cm³/mol. The van der Waals surface area contributed by atoms with Crippen LogP contribution < -0.4 is 0 Å². The molecule has 0 amide bonds. The Morgan fingerprint density at radius 2 is 1.40 bits per heavy atom. The summed E-state index contributed by atoms with van der Waals surface area (Å²) in [6, 6.07) is 13.8. The highest BCUT2D eigenvalue weighted by Crippen LogP contribution is 2.43. The Hall–Kier alpha value is -2.68. The maximum atomic E-state index is 10.4. The minimum Gasteiger partial charge on any atom is -0.507 e. The van der Waals surface area contributed by atoms with E-state index in [-0.39, 0.29) is 17.2 Å². The fraction of sp³-hybridized carbons (Fsp3) is 0.0588. The van der Waals surface area contributed by atoms with E-state index in [4.69, 9.17) is 0 Å². The van der Waals surface area contributed by atoms with Gasteiger partial charge in [0.25, 0.3) is 0 Å². The van der Waals surface area contributed by atoms with E-state index in [0.29, 0.717) is 21.9 Å². The van der Waals surface area contributed by atoms with Gasteiger partial charge in [-0.15, -0.1) is 0 Å². The highest BCUT2D eigenvalue weighted by Gasteiger charge is 2.15. The van der Waals surface area contributed by atoms with Gasteiger partial charge >= 0.3 is 0 Å². The average molecular weight is 266 g/mol. The number of benzene rings is 3. The second-order valence-electron chi connectivity index (χ2n) is 4.81. The van der Waals surface area contributed by atoms with Gasteiger partial charge in [0.15, 0.2) is 0 Å². The third-order valence-electron chi connectivity index (χ3n) is 3.52. The summed E-state index contributed by atoms with van der Waals surface area (Å²) in [5.41, 5.74) is 1.64. The Labute approximate surface area is 116 Å². The number of hydrogen-bond acceptors (Lipinski definition) is 3. The van der Waals surface area contributed by atoms with Gasteiger partial charge in [-0.05, 0) is 18.6 Å². The molecule has 0 saturated heterocycles. The van der Waals surface area contributed by atoms with E-state index < -0.39 is 0 Å². The van der Waals surface area contributed by atoms with Crippen molar-refractivity contribution in [2.24, 2.45) is 0 Å². The van der Waals surface area contributed by atoms with Gasteiger partial charge in [0.2, 0.25) is 0 Å². The SMILES string of the molecule is Cc1cccc(-c2cc(O)c3ccccc3c2O)c1O. The fourth-order valence-electron chi connectivity index (χ4n) is 2.42. The van der Waals surface area contributed by atoms with E-state index >= 15 is 0 Å². The van der Waals surface area contributed by atoms with Gasteiger partial charge in [-0.3, -0.25) is 0 Å². The lowest BCUT2D eigenvalue weighted by Gasteiger charge is -2.12. The van der Waals surface area contributed by atoms with Crippen molar-refractivity contribution in [3.63, 3.8) is 0 Å². The molecular formula is C17H14O3. The van der Waals surface area contributed by atoms with Crippen molar-refractivity contribution >= 4 is 10.8 Å². The van der Waals surface area contributed by atoms with E-state index in [1.165, 1.54) is 6.07 Å². The zero-order valence-corrected chi connectivity index (χ0v) is 11.0.